The van der Waals surface area contributed by atoms with Crippen LogP contribution in [0.5, 0.6) is 5.75 Å². The molecule has 0 aromatic heterocycles. The van der Waals surface area contributed by atoms with Gasteiger partial charge in [0, 0.05) is 0 Å². The number of hydrogen-bond acceptors (Lipinski definition) is 1. The van der Waals surface area contributed by atoms with Crippen LogP contribution in [0, 0.1) is 5.92 Å². The average molecular weight is 296 g/mol. The van der Waals surface area contributed by atoms with Crippen molar-refractivity contribution in [2.24, 2.45) is 5.92 Å². The minimum Gasteiger partial charge on any atom is -0.497 e. The van der Waals surface area contributed by atoms with E-state index in [9.17, 15) is 0 Å². The molecule has 0 N–H and O–H groups in total. The number of unbranched alkanes of at least 4 members (excludes halogenated alkanes) is 1. The lowest BCUT2D eigenvalue weighted by Crippen LogP contribution is -2.13. The van der Waals surface area contributed by atoms with E-state index in [2.05, 4.69) is 43.3 Å². The molecule has 0 radical (unpaired) electrons. The average Bonchev–Trinajstić information content (AvgIpc) is 2.59. The molecule has 1 fully saturated rings. The second kappa shape index (κ2) is 7.17. The number of ether oxygens (including phenoxy) is 1. The summed E-state index contributed by atoms with van der Waals surface area (Å²) in [6.07, 6.45) is 9.78. The van der Waals surface area contributed by atoms with Gasteiger partial charge in [-0.3, -0.25) is 0 Å². The van der Waals surface area contributed by atoms with E-state index >= 15 is 0 Å². The Balaban J connectivity index is 1.69. The maximum absolute atomic E-state index is 5.31. The number of fused-ring (bicyclic) bond motifs is 1. The van der Waals surface area contributed by atoms with Crippen LogP contribution in [0.25, 0.3) is 10.8 Å². The molecule has 2 aromatic rings. The Hall–Kier alpha value is -1.50. The van der Waals surface area contributed by atoms with Crippen LogP contribution in [-0.2, 0) is 0 Å². The standard InChI is InChI=1S/C21H28O/c1-3-4-5-16-6-8-17(9-7-16)18-10-11-20-15-21(22-2)13-12-19(20)14-18/h10-17H,3-9H2,1-2H3/t16-,17-. The zero-order valence-electron chi connectivity index (χ0n) is 14.0. The summed E-state index contributed by atoms with van der Waals surface area (Å²) in [6.45, 7) is 2.30. The van der Waals surface area contributed by atoms with Crippen LogP contribution in [-0.4, -0.2) is 7.11 Å². The first-order valence-corrected chi connectivity index (χ1v) is 8.88. The SMILES string of the molecule is CCCC[C@H]1CC[C@H](c2ccc3cc(OC)ccc3c2)CC1. The Kier molecular flexibility index (Phi) is 5.02. The number of rotatable bonds is 5. The van der Waals surface area contributed by atoms with E-state index in [1.807, 2.05) is 0 Å². The number of methoxy groups -OCH3 is 1. The molecule has 2 aromatic carbocycles. The van der Waals surface area contributed by atoms with Crippen LogP contribution in [0.4, 0.5) is 0 Å². The maximum atomic E-state index is 5.31. The highest BCUT2D eigenvalue weighted by Gasteiger charge is 2.22. The van der Waals surface area contributed by atoms with Gasteiger partial charge in [0.15, 0.2) is 0 Å². The molecule has 3 rings (SSSR count). The van der Waals surface area contributed by atoms with Gasteiger partial charge in [-0.2, -0.15) is 0 Å². The maximum Gasteiger partial charge on any atom is 0.119 e. The van der Waals surface area contributed by atoms with Crippen LogP contribution in [0.2, 0.25) is 0 Å². The van der Waals surface area contributed by atoms with Gasteiger partial charge in [-0.05, 0) is 66.0 Å². The van der Waals surface area contributed by atoms with Gasteiger partial charge in [0.25, 0.3) is 0 Å². The summed E-state index contributed by atoms with van der Waals surface area (Å²) in [7, 11) is 1.73. The quantitative estimate of drug-likeness (QED) is 0.628. The third-order valence-electron chi connectivity index (χ3n) is 5.36. The first-order chi connectivity index (χ1) is 10.8. The van der Waals surface area contributed by atoms with E-state index in [1.165, 1.54) is 61.3 Å². The zero-order chi connectivity index (χ0) is 15.4. The molecule has 118 valence electrons. The van der Waals surface area contributed by atoms with Crippen molar-refractivity contribution in [1.29, 1.82) is 0 Å². The lowest BCUT2D eigenvalue weighted by Gasteiger charge is -2.29. The van der Waals surface area contributed by atoms with Crippen LogP contribution in [0.3, 0.4) is 0 Å². The van der Waals surface area contributed by atoms with Crippen molar-refractivity contribution in [3.8, 4) is 5.75 Å². The van der Waals surface area contributed by atoms with Gasteiger partial charge >= 0.3 is 0 Å². The van der Waals surface area contributed by atoms with Crippen molar-refractivity contribution in [2.45, 2.75) is 57.8 Å². The Morgan fingerprint density at radius 2 is 1.68 bits per heavy atom. The Morgan fingerprint density at radius 3 is 2.41 bits per heavy atom. The number of benzene rings is 2. The lowest BCUT2D eigenvalue weighted by molar-refractivity contribution is 0.304. The first kappa shape index (κ1) is 15.4. The molecule has 1 aliphatic rings. The van der Waals surface area contributed by atoms with Gasteiger partial charge in [-0.25, -0.2) is 0 Å². The molecular formula is C21H28O. The normalized spacial score (nSPS) is 21.9. The van der Waals surface area contributed by atoms with E-state index in [0.29, 0.717) is 0 Å². The predicted octanol–water partition coefficient (Wildman–Crippen LogP) is 6.31. The van der Waals surface area contributed by atoms with E-state index < -0.39 is 0 Å². The molecule has 0 bridgehead atoms. The zero-order valence-corrected chi connectivity index (χ0v) is 14.0. The van der Waals surface area contributed by atoms with Gasteiger partial charge < -0.3 is 4.74 Å². The van der Waals surface area contributed by atoms with Crippen molar-refractivity contribution in [2.75, 3.05) is 7.11 Å². The number of hydrogen-bond donors (Lipinski definition) is 0. The molecule has 0 saturated heterocycles. The molecule has 0 amide bonds. The van der Waals surface area contributed by atoms with E-state index in [0.717, 1.165) is 17.6 Å². The smallest absolute Gasteiger partial charge is 0.119 e. The van der Waals surface area contributed by atoms with E-state index in [1.54, 1.807) is 7.11 Å². The molecule has 0 spiro atoms. The van der Waals surface area contributed by atoms with Gasteiger partial charge in [0.2, 0.25) is 0 Å². The van der Waals surface area contributed by atoms with Crippen LogP contribution in [0.15, 0.2) is 36.4 Å². The van der Waals surface area contributed by atoms with E-state index in [4.69, 9.17) is 4.74 Å². The largest absolute Gasteiger partial charge is 0.497 e. The van der Waals surface area contributed by atoms with Crippen molar-refractivity contribution in [1.82, 2.24) is 0 Å². The molecule has 1 heteroatoms. The molecule has 1 nitrogen and oxygen atoms in total. The van der Waals surface area contributed by atoms with E-state index in [-0.39, 0.29) is 0 Å². The van der Waals surface area contributed by atoms with Gasteiger partial charge in [0.1, 0.15) is 5.75 Å². The van der Waals surface area contributed by atoms with Crippen LogP contribution >= 0.6 is 0 Å². The summed E-state index contributed by atoms with van der Waals surface area (Å²) in [6, 6.07) is 13.4. The lowest BCUT2D eigenvalue weighted by atomic mass is 9.77. The third kappa shape index (κ3) is 3.45. The monoisotopic (exact) mass is 296 g/mol. The molecule has 0 aliphatic heterocycles. The van der Waals surface area contributed by atoms with Crippen molar-refractivity contribution >= 4 is 10.8 Å². The second-order valence-electron chi connectivity index (χ2n) is 6.83. The van der Waals surface area contributed by atoms with Crippen LogP contribution < -0.4 is 4.74 Å². The van der Waals surface area contributed by atoms with Crippen molar-refractivity contribution < 1.29 is 4.74 Å². The fourth-order valence-corrected chi connectivity index (χ4v) is 3.90. The molecular weight excluding hydrogens is 268 g/mol. The molecule has 0 heterocycles. The highest BCUT2D eigenvalue weighted by Crippen LogP contribution is 2.38. The summed E-state index contributed by atoms with van der Waals surface area (Å²) in [5.74, 6) is 2.70. The summed E-state index contributed by atoms with van der Waals surface area (Å²) in [5.41, 5.74) is 1.53. The fraction of sp³-hybridized carbons (Fsp3) is 0.524. The molecule has 0 atom stereocenters. The Morgan fingerprint density at radius 1 is 0.955 bits per heavy atom. The molecule has 22 heavy (non-hydrogen) atoms. The summed E-state index contributed by atoms with van der Waals surface area (Å²) < 4.78 is 5.31. The predicted molar refractivity (Wildman–Crippen MR) is 94.7 cm³/mol. The fourth-order valence-electron chi connectivity index (χ4n) is 3.90. The van der Waals surface area contributed by atoms with Crippen molar-refractivity contribution in [3.05, 3.63) is 42.0 Å². The highest BCUT2D eigenvalue weighted by molar-refractivity contribution is 5.84. The van der Waals surface area contributed by atoms with Crippen molar-refractivity contribution in [3.63, 3.8) is 0 Å². The Bertz CT molecular complexity index is 608. The molecule has 1 saturated carbocycles. The van der Waals surface area contributed by atoms with Crippen LogP contribution in [0.1, 0.15) is 63.4 Å². The topological polar surface area (TPSA) is 9.23 Å². The third-order valence-corrected chi connectivity index (χ3v) is 5.36. The summed E-state index contributed by atoms with van der Waals surface area (Å²) in [4.78, 5) is 0. The first-order valence-electron chi connectivity index (χ1n) is 8.88. The summed E-state index contributed by atoms with van der Waals surface area (Å²) >= 11 is 0. The molecule has 0 unspecified atom stereocenters. The van der Waals surface area contributed by atoms with Gasteiger partial charge in [-0.1, -0.05) is 50.5 Å². The minimum atomic E-state index is 0.768. The van der Waals surface area contributed by atoms with Gasteiger partial charge in [0.05, 0.1) is 7.11 Å². The molecule has 1 aliphatic carbocycles. The Labute approximate surface area is 134 Å². The summed E-state index contributed by atoms with van der Waals surface area (Å²) in [5, 5.41) is 2.62. The highest BCUT2D eigenvalue weighted by atomic mass is 16.5. The second-order valence-corrected chi connectivity index (χ2v) is 6.83. The minimum absolute atomic E-state index is 0.768. The van der Waals surface area contributed by atoms with Gasteiger partial charge in [-0.15, -0.1) is 0 Å².